The third kappa shape index (κ3) is 3.80. The highest BCUT2D eigenvalue weighted by atomic mass is 32.2. The van der Waals surface area contributed by atoms with Gasteiger partial charge in [-0.25, -0.2) is 5.84 Å². The predicted molar refractivity (Wildman–Crippen MR) is 61.2 cm³/mol. The van der Waals surface area contributed by atoms with Gasteiger partial charge in [-0.15, -0.1) is 0 Å². The molecule has 0 spiro atoms. The van der Waals surface area contributed by atoms with Crippen LogP contribution < -0.4 is 16.0 Å². The average molecular weight is 245 g/mol. The Hall–Kier alpha value is -1.12. The summed E-state index contributed by atoms with van der Waals surface area (Å²) in [5.41, 5.74) is 2.34. The molecule has 90 valence electrons. The first-order valence-electron chi connectivity index (χ1n) is 4.70. The fourth-order valence-corrected chi connectivity index (χ4v) is 1.66. The van der Waals surface area contributed by atoms with Crippen LogP contribution in [0.15, 0.2) is 5.16 Å². The van der Waals surface area contributed by atoms with Crippen molar-refractivity contribution in [1.29, 1.82) is 0 Å². The number of hydrogen-bond acceptors (Lipinski definition) is 8. The largest absolute Gasteiger partial charge is 0.467 e. The first-order valence-corrected chi connectivity index (χ1v) is 5.68. The number of nitrogens with two attached hydrogens (primary N) is 1. The van der Waals surface area contributed by atoms with E-state index < -0.39 is 0 Å². The first kappa shape index (κ1) is 12.9. The lowest BCUT2D eigenvalue weighted by atomic mass is 10.2. The number of nitrogens with zero attached hydrogens (tertiary/aromatic N) is 3. The second-order valence-electron chi connectivity index (χ2n) is 3.17. The maximum Gasteiger partial charge on any atom is 0.321 e. The number of aliphatic hydroxyl groups is 1. The lowest BCUT2D eigenvalue weighted by Crippen LogP contribution is -2.12. The molecule has 0 aliphatic rings. The number of aromatic nitrogens is 3. The van der Waals surface area contributed by atoms with Crippen LogP contribution in [-0.2, 0) is 0 Å². The van der Waals surface area contributed by atoms with Gasteiger partial charge in [0.15, 0.2) is 5.16 Å². The number of methoxy groups -OCH3 is 1. The van der Waals surface area contributed by atoms with Crippen molar-refractivity contribution in [3.8, 4) is 6.01 Å². The molecule has 0 amide bonds. The van der Waals surface area contributed by atoms with Gasteiger partial charge in [0, 0.05) is 12.4 Å². The van der Waals surface area contributed by atoms with Gasteiger partial charge < -0.3 is 9.84 Å². The molecule has 4 N–H and O–H groups in total. The summed E-state index contributed by atoms with van der Waals surface area (Å²) in [5, 5.41) is 9.40. The summed E-state index contributed by atoms with van der Waals surface area (Å²) in [5.74, 6) is 6.37. The lowest BCUT2D eigenvalue weighted by Gasteiger charge is -2.07. The zero-order chi connectivity index (χ0) is 12.0. The monoisotopic (exact) mass is 245 g/mol. The van der Waals surface area contributed by atoms with Crippen molar-refractivity contribution in [2.24, 2.45) is 11.8 Å². The Kier molecular flexibility index (Phi) is 5.23. The van der Waals surface area contributed by atoms with Crippen LogP contribution in [0.2, 0.25) is 0 Å². The van der Waals surface area contributed by atoms with E-state index in [0.29, 0.717) is 10.9 Å². The molecule has 0 saturated heterocycles. The number of nitrogens with one attached hydrogen (secondary N) is 1. The third-order valence-electron chi connectivity index (χ3n) is 1.71. The number of aliphatic hydroxyl groups excluding tert-OH is 1. The lowest BCUT2D eigenvalue weighted by molar-refractivity contribution is 0.250. The topological polar surface area (TPSA) is 106 Å². The maximum absolute atomic E-state index is 8.89. The molecule has 16 heavy (non-hydrogen) atoms. The van der Waals surface area contributed by atoms with E-state index in [1.165, 1.54) is 18.9 Å². The molecule has 7 nitrogen and oxygen atoms in total. The van der Waals surface area contributed by atoms with E-state index in [1.807, 2.05) is 6.92 Å². The highest BCUT2D eigenvalue weighted by Crippen LogP contribution is 2.19. The van der Waals surface area contributed by atoms with Crippen LogP contribution in [0, 0.1) is 5.92 Å². The molecule has 0 saturated carbocycles. The van der Waals surface area contributed by atoms with Crippen LogP contribution >= 0.6 is 11.8 Å². The van der Waals surface area contributed by atoms with E-state index in [2.05, 4.69) is 20.4 Å². The number of nitrogen functional groups attached to an aromatic ring is 1. The van der Waals surface area contributed by atoms with Gasteiger partial charge in [0.05, 0.1) is 7.11 Å². The average Bonchev–Trinajstić information content (AvgIpc) is 2.35. The number of thioether (sulfide) groups is 1. The minimum atomic E-state index is 0.136. The smallest absolute Gasteiger partial charge is 0.321 e. The molecule has 1 atom stereocenters. The molecule has 0 radical (unpaired) electrons. The molecule has 1 rings (SSSR count). The quantitative estimate of drug-likeness (QED) is 0.362. The molecule has 1 aromatic heterocycles. The fourth-order valence-electron chi connectivity index (χ4n) is 0.828. The van der Waals surface area contributed by atoms with E-state index >= 15 is 0 Å². The summed E-state index contributed by atoms with van der Waals surface area (Å²) in [6, 6.07) is 0.210. The molecular formula is C8H15N5O2S. The molecule has 0 aliphatic carbocycles. The number of hydrazine groups is 1. The Morgan fingerprint density at radius 2 is 2.25 bits per heavy atom. The van der Waals surface area contributed by atoms with Crippen molar-refractivity contribution in [3.05, 3.63) is 0 Å². The number of ether oxygens (including phenoxy) is 1. The van der Waals surface area contributed by atoms with Crippen LogP contribution in [0.1, 0.15) is 6.92 Å². The standard InChI is InChI=1S/C8H15N5O2S/c1-5(3-14)4-16-8-11-6(13-9)10-7(12-8)15-2/h5,14H,3-4,9H2,1-2H3,(H,10,11,12,13). The van der Waals surface area contributed by atoms with E-state index in [1.54, 1.807) is 0 Å². The van der Waals surface area contributed by atoms with Gasteiger partial charge in [-0.05, 0) is 5.92 Å². The molecule has 8 heteroatoms. The van der Waals surface area contributed by atoms with Gasteiger partial charge in [0.1, 0.15) is 0 Å². The molecule has 0 bridgehead atoms. The summed E-state index contributed by atoms with van der Waals surface area (Å²) in [6.07, 6.45) is 0. The second kappa shape index (κ2) is 6.46. The highest BCUT2D eigenvalue weighted by molar-refractivity contribution is 7.99. The van der Waals surface area contributed by atoms with Crippen LogP contribution in [0.4, 0.5) is 5.95 Å². The second-order valence-corrected chi connectivity index (χ2v) is 4.16. The molecule has 0 aliphatic heterocycles. The summed E-state index contributed by atoms with van der Waals surface area (Å²) in [7, 11) is 1.47. The highest BCUT2D eigenvalue weighted by Gasteiger charge is 2.08. The SMILES string of the molecule is COc1nc(NN)nc(SCC(C)CO)n1. The minimum absolute atomic E-state index is 0.136. The molecule has 1 heterocycles. The molecule has 0 fully saturated rings. The summed E-state index contributed by atoms with van der Waals surface area (Å²) < 4.78 is 4.91. The van der Waals surface area contributed by atoms with Crippen LogP contribution in [-0.4, -0.2) is 39.5 Å². The Balaban J connectivity index is 2.71. The molecule has 1 unspecified atom stereocenters. The van der Waals surface area contributed by atoms with Gasteiger partial charge in [0.25, 0.3) is 0 Å². The predicted octanol–water partition coefficient (Wildman–Crippen LogP) is -0.114. The zero-order valence-electron chi connectivity index (χ0n) is 9.17. The Morgan fingerprint density at radius 1 is 1.50 bits per heavy atom. The van der Waals surface area contributed by atoms with Crippen molar-refractivity contribution in [2.75, 3.05) is 24.9 Å². The first-order chi connectivity index (χ1) is 7.69. The van der Waals surface area contributed by atoms with Crippen LogP contribution in [0.5, 0.6) is 6.01 Å². The normalized spacial score (nSPS) is 12.2. The fraction of sp³-hybridized carbons (Fsp3) is 0.625. The van der Waals surface area contributed by atoms with Crippen molar-refractivity contribution in [2.45, 2.75) is 12.1 Å². The maximum atomic E-state index is 8.89. The van der Waals surface area contributed by atoms with E-state index in [4.69, 9.17) is 15.7 Å². The van der Waals surface area contributed by atoms with Gasteiger partial charge in [-0.1, -0.05) is 18.7 Å². The Bertz CT molecular complexity index is 316. The van der Waals surface area contributed by atoms with Crippen LogP contribution in [0.25, 0.3) is 0 Å². The van der Waals surface area contributed by atoms with Crippen molar-refractivity contribution in [3.63, 3.8) is 0 Å². The van der Waals surface area contributed by atoms with E-state index in [0.717, 1.165) is 0 Å². The molecule has 0 aromatic carbocycles. The Labute approximate surface area is 97.8 Å². The van der Waals surface area contributed by atoms with Crippen molar-refractivity contribution >= 4 is 17.7 Å². The zero-order valence-corrected chi connectivity index (χ0v) is 9.99. The van der Waals surface area contributed by atoms with Gasteiger partial charge in [0.2, 0.25) is 5.95 Å². The minimum Gasteiger partial charge on any atom is -0.467 e. The summed E-state index contributed by atoms with van der Waals surface area (Å²) in [6.45, 7) is 2.07. The van der Waals surface area contributed by atoms with Crippen molar-refractivity contribution in [1.82, 2.24) is 15.0 Å². The summed E-state index contributed by atoms with van der Waals surface area (Å²) >= 11 is 1.41. The van der Waals surface area contributed by atoms with Crippen molar-refractivity contribution < 1.29 is 9.84 Å². The molecule has 1 aromatic rings. The van der Waals surface area contributed by atoms with Gasteiger partial charge in [-0.3, -0.25) is 5.43 Å². The summed E-state index contributed by atoms with van der Waals surface area (Å²) in [4.78, 5) is 12.0. The Morgan fingerprint density at radius 3 is 2.81 bits per heavy atom. The van der Waals surface area contributed by atoms with Gasteiger partial charge >= 0.3 is 6.01 Å². The third-order valence-corrected chi connectivity index (χ3v) is 2.89. The van der Waals surface area contributed by atoms with E-state index in [9.17, 15) is 0 Å². The number of anilines is 1. The van der Waals surface area contributed by atoms with Gasteiger partial charge in [-0.2, -0.15) is 15.0 Å². The van der Waals surface area contributed by atoms with Crippen LogP contribution in [0.3, 0.4) is 0 Å². The molecular weight excluding hydrogens is 230 g/mol. The van der Waals surface area contributed by atoms with E-state index in [-0.39, 0.29) is 24.5 Å². The number of hydrogen-bond donors (Lipinski definition) is 3. The number of rotatable bonds is 6.